The van der Waals surface area contributed by atoms with Crippen molar-refractivity contribution in [3.63, 3.8) is 0 Å². The van der Waals surface area contributed by atoms with Crippen LogP contribution in [-0.2, 0) is 9.53 Å². The van der Waals surface area contributed by atoms with E-state index in [-0.39, 0.29) is 17.4 Å². The van der Waals surface area contributed by atoms with Crippen LogP contribution in [0.25, 0.3) is 6.08 Å². The molecule has 0 aliphatic carbocycles. The normalized spacial score (nSPS) is 12.6. The molecule has 1 aromatic rings. The van der Waals surface area contributed by atoms with Crippen molar-refractivity contribution in [3.05, 3.63) is 34.9 Å². The molecule has 0 radical (unpaired) electrons. The lowest BCUT2D eigenvalue weighted by Gasteiger charge is -2.09. The van der Waals surface area contributed by atoms with Gasteiger partial charge in [-0.25, -0.2) is 4.79 Å². The van der Waals surface area contributed by atoms with Crippen molar-refractivity contribution in [2.24, 2.45) is 0 Å². The van der Waals surface area contributed by atoms with Crippen LogP contribution >= 0.6 is 0 Å². The van der Waals surface area contributed by atoms with E-state index < -0.39 is 5.97 Å². The quantitative estimate of drug-likeness (QED) is 0.512. The third-order valence-corrected chi connectivity index (χ3v) is 2.76. The SMILES string of the molecule is CCC(C)OC(=O)C(C#N)=Cc1ccc(O)c(C)c1. The number of carbonyl (C=O) groups excluding carboxylic acids is 1. The minimum Gasteiger partial charge on any atom is -0.508 e. The van der Waals surface area contributed by atoms with Gasteiger partial charge in [-0.05, 0) is 49.6 Å². The molecule has 0 saturated heterocycles. The first-order chi connectivity index (χ1) is 8.97. The Morgan fingerprint density at radius 3 is 2.79 bits per heavy atom. The zero-order chi connectivity index (χ0) is 14.4. The van der Waals surface area contributed by atoms with Gasteiger partial charge in [-0.15, -0.1) is 0 Å². The number of carbonyl (C=O) groups is 1. The van der Waals surface area contributed by atoms with Gasteiger partial charge in [0, 0.05) is 0 Å². The summed E-state index contributed by atoms with van der Waals surface area (Å²) in [4.78, 5) is 11.7. The van der Waals surface area contributed by atoms with E-state index in [0.717, 1.165) is 0 Å². The number of esters is 1. The maximum absolute atomic E-state index is 11.7. The molecule has 100 valence electrons. The summed E-state index contributed by atoms with van der Waals surface area (Å²) < 4.78 is 5.10. The number of aromatic hydroxyl groups is 1. The molecule has 0 aliphatic rings. The van der Waals surface area contributed by atoms with Crippen molar-refractivity contribution < 1.29 is 14.6 Å². The van der Waals surface area contributed by atoms with Gasteiger partial charge in [0.05, 0.1) is 6.10 Å². The highest BCUT2D eigenvalue weighted by Crippen LogP contribution is 2.19. The third kappa shape index (κ3) is 4.14. The number of phenols is 1. The average molecular weight is 259 g/mol. The van der Waals surface area contributed by atoms with Crippen LogP contribution in [0.2, 0.25) is 0 Å². The molecule has 0 aliphatic heterocycles. The summed E-state index contributed by atoms with van der Waals surface area (Å²) >= 11 is 0. The van der Waals surface area contributed by atoms with E-state index in [1.165, 1.54) is 12.1 Å². The van der Waals surface area contributed by atoms with Crippen LogP contribution in [0.1, 0.15) is 31.4 Å². The van der Waals surface area contributed by atoms with E-state index in [9.17, 15) is 9.90 Å². The Morgan fingerprint density at radius 1 is 1.58 bits per heavy atom. The van der Waals surface area contributed by atoms with Crippen LogP contribution in [0.15, 0.2) is 23.8 Å². The maximum atomic E-state index is 11.7. The van der Waals surface area contributed by atoms with Crippen molar-refractivity contribution in [1.29, 1.82) is 5.26 Å². The second-order valence-electron chi connectivity index (χ2n) is 4.34. The summed E-state index contributed by atoms with van der Waals surface area (Å²) in [5, 5.41) is 18.4. The zero-order valence-electron chi connectivity index (χ0n) is 11.3. The van der Waals surface area contributed by atoms with Crippen molar-refractivity contribution in [2.45, 2.75) is 33.3 Å². The lowest BCUT2D eigenvalue weighted by atomic mass is 10.1. The fourth-order valence-electron chi connectivity index (χ4n) is 1.40. The molecule has 4 nitrogen and oxygen atoms in total. The molecule has 0 spiro atoms. The van der Waals surface area contributed by atoms with E-state index in [0.29, 0.717) is 17.5 Å². The van der Waals surface area contributed by atoms with Crippen molar-refractivity contribution >= 4 is 12.0 Å². The van der Waals surface area contributed by atoms with Crippen LogP contribution < -0.4 is 0 Å². The highest BCUT2D eigenvalue weighted by atomic mass is 16.5. The van der Waals surface area contributed by atoms with Crippen LogP contribution in [0, 0.1) is 18.3 Å². The predicted octanol–water partition coefficient (Wildman–Crippen LogP) is 2.95. The number of nitriles is 1. The van der Waals surface area contributed by atoms with Gasteiger partial charge in [0.15, 0.2) is 0 Å². The molecule has 1 rings (SSSR count). The van der Waals surface area contributed by atoms with Crippen molar-refractivity contribution in [1.82, 2.24) is 0 Å². The van der Waals surface area contributed by atoms with E-state index in [4.69, 9.17) is 10.00 Å². The van der Waals surface area contributed by atoms with Crippen LogP contribution in [0.5, 0.6) is 5.75 Å². The summed E-state index contributed by atoms with van der Waals surface area (Å²) in [5.74, 6) is -0.444. The summed E-state index contributed by atoms with van der Waals surface area (Å²) in [7, 11) is 0. The van der Waals surface area contributed by atoms with E-state index >= 15 is 0 Å². The van der Waals surface area contributed by atoms with E-state index in [1.54, 1.807) is 26.0 Å². The van der Waals surface area contributed by atoms with Gasteiger partial charge in [0.2, 0.25) is 0 Å². The second kappa shape index (κ2) is 6.60. The molecule has 1 aromatic carbocycles. The minimum atomic E-state index is -0.623. The topological polar surface area (TPSA) is 70.3 Å². The molecule has 0 bridgehead atoms. The number of aryl methyl sites for hydroxylation is 1. The molecule has 0 aromatic heterocycles. The van der Waals surface area contributed by atoms with Crippen LogP contribution in [-0.4, -0.2) is 17.2 Å². The van der Waals surface area contributed by atoms with Gasteiger partial charge in [0.25, 0.3) is 0 Å². The number of rotatable bonds is 4. The molecular formula is C15H17NO3. The summed E-state index contributed by atoms with van der Waals surface area (Å²) in [6, 6.07) is 6.69. The summed E-state index contributed by atoms with van der Waals surface area (Å²) in [6.07, 6.45) is 1.94. The first-order valence-corrected chi connectivity index (χ1v) is 6.10. The molecule has 0 saturated carbocycles. The molecule has 0 heterocycles. The number of hydrogen-bond acceptors (Lipinski definition) is 4. The fraction of sp³-hybridized carbons (Fsp3) is 0.333. The number of ether oxygens (including phenoxy) is 1. The first-order valence-electron chi connectivity index (χ1n) is 6.10. The molecular weight excluding hydrogens is 242 g/mol. The number of phenolic OH excluding ortho intramolecular Hbond substituents is 1. The smallest absolute Gasteiger partial charge is 0.349 e. The van der Waals surface area contributed by atoms with Crippen molar-refractivity contribution in [2.75, 3.05) is 0 Å². The lowest BCUT2D eigenvalue weighted by Crippen LogP contribution is -2.15. The molecule has 1 N–H and O–H groups in total. The maximum Gasteiger partial charge on any atom is 0.349 e. The first kappa shape index (κ1) is 14.8. The van der Waals surface area contributed by atoms with Gasteiger partial charge in [-0.1, -0.05) is 13.0 Å². The Hall–Kier alpha value is -2.28. The Labute approximate surface area is 112 Å². The van der Waals surface area contributed by atoms with Gasteiger partial charge in [0.1, 0.15) is 17.4 Å². The van der Waals surface area contributed by atoms with Gasteiger partial charge < -0.3 is 9.84 Å². The molecule has 0 amide bonds. The van der Waals surface area contributed by atoms with Gasteiger partial charge in [-0.2, -0.15) is 5.26 Å². The highest BCUT2D eigenvalue weighted by molar-refractivity contribution is 5.98. The summed E-state index contributed by atoms with van der Waals surface area (Å²) in [6.45, 7) is 5.42. The third-order valence-electron chi connectivity index (χ3n) is 2.76. The van der Waals surface area contributed by atoms with E-state index in [1.807, 2.05) is 13.0 Å². The fourth-order valence-corrected chi connectivity index (χ4v) is 1.40. The monoisotopic (exact) mass is 259 g/mol. The number of hydrogen-bond donors (Lipinski definition) is 1. The van der Waals surface area contributed by atoms with Crippen molar-refractivity contribution in [3.8, 4) is 11.8 Å². The van der Waals surface area contributed by atoms with E-state index in [2.05, 4.69) is 0 Å². The Bertz CT molecular complexity index is 541. The molecule has 1 unspecified atom stereocenters. The lowest BCUT2D eigenvalue weighted by molar-refractivity contribution is -0.142. The average Bonchev–Trinajstić information content (AvgIpc) is 2.39. The molecule has 4 heteroatoms. The van der Waals surface area contributed by atoms with Gasteiger partial charge in [-0.3, -0.25) is 0 Å². The standard InChI is InChI=1S/C15H17NO3/c1-4-11(3)19-15(18)13(9-16)8-12-5-6-14(17)10(2)7-12/h5-8,11,17H,4H2,1-3H3. The number of benzene rings is 1. The number of nitrogens with zero attached hydrogens (tertiary/aromatic N) is 1. The van der Waals surface area contributed by atoms with Gasteiger partial charge >= 0.3 is 5.97 Å². The second-order valence-corrected chi connectivity index (χ2v) is 4.34. The van der Waals surface area contributed by atoms with Crippen LogP contribution in [0.4, 0.5) is 0 Å². The Morgan fingerprint density at radius 2 is 2.26 bits per heavy atom. The summed E-state index contributed by atoms with van der Waals surface area (Å²) in [5.41, 5.74) is 1.31. The Balaban J connectivity index is 2.96. The predicted molar refractivity (Wildman–Crippen MR) is 72.3 cm³/mol. The molecule has 19 heavy (non-hydrogen) atoms. The zero-order valence-corrected chi connectivity index (χ0v) is 11.3. The Kier molecular flexibility index (Phi) is 5.13. The van der Waals surface area contributed by atoms with Crippen LogP contribution in [0.3, 0.4) is 0 Å². The minimum absolute atomic E-state index is 0.0506. The molecule has 1 atom stereocenters. The highest BCUT2D eigenvalue weighted by Gasteiger charge is 2.13. The largest absolute Gasteiger partial charge is 0.508 e. The molecule has 0 fully saturated rings.